The Hall–Kier alpha value is -1.67. The molecule has 0 aliphatic carbocycles. The van der Waals surface area contributed by atoms with E-state index in [1.807, 2.05) is 0 Å². The van der Waals surface area contributed by atoms with Crippen LogP contribution in [0.3, 0.4) is 0 Å². The lowest BCUT2D eigenvalue weighted by atomic mass is 9.85. The van der Waals surface area contributed by atoms with E-state index in [1.165, 1.54) is 103 Å². The minimum absolute atomic E-state index is 0.0112. The first-order chi connectivity index (χ1) is 31.2. The summed E-state index contributed by atoms with van der Waals surface area (Å²) in [5.74, 6) is 0.0723. The molecule has 0 amide bonds. The number of aliphatic hydroxyl groups is 1. The van der Waals surface area contributed by atoms with Crippen molar-refractivity contribution in [3.8, 4) is 0 Å². The lowest BCUT2D eigenvalue weighted by molar-refractivity contribution is -0.150. The number of carbonyl (C=O) groups excluding carboxylic acids is 3. The van der Waals surface area contributed by atoms with Crippen LogP contribution in [0.2, 0.25) is 0 Å². The van der Waals surface area contributed by atoms with Crippen LogP contribution in [0, 0.1) is 17.8 Å². The number of hydrogen-bond acceptors (Lipinski definition) is 8. The molecule has 1 rings (SSSR count). The number of nitrogens with zero attached hydrogens (tertiary/aromatic N) is 1. The van der Waals surface area contributed by atoms with Gasteiger partial charge in [-0.2, -0.15) is 0 Å². The first kappa shape index (κ1) is 60.3. The Morgan fingerprint density at radius 1 is 0.453 bits per heavy atom. The molecular weight excluding hydrogens is 799 g/mol. The van der Waals surface area contributed by atoms with Crippen LogP contribution >= 0.6 is 0 Å². The van der Waals surface area contributed by atoms with Crippen LogP contribution in [0.5, 0.6) is 0 Å². The number of esters is 3. The summed E-state index contributed by atoms with van der Waals surface area (Å²) in [6.07, 6.45) is 41.7. The standard InChI is InChI=1S/C56H107NO7/c1-6-10-14-16-18-20-28-38-50(36-26-12-8-3)53(58)62-47-33-24-22-30-42-56(61,44-32-35-49-64-55(60)52-40-45-57(5)46-41-52)43-31-23-25-34-48-63-54(59)51(37-27-13-9-4)39-29-21-19-17-15-11-7-2/h50-52,61H,6-49H2,1-5H3. The molecule has 0 spiro atoms. The second-order valence-corrected chi connectivity index (χ2v) is 20.3. The largest absolute Gasteiger partial charge is 0.465 e. The van der Waals surface area contributed by atoms with Crippen LogP contribution in [0.4, 0.5) is 0 Å². The molecule has 1 fully saturated rings. The highest BCUT2D eigenvalue weighted by molar-refractivity contribution is 5.73. The topological polar surface area (TPSA) is 102 Å². The molecule has 8 nitrogen and oxygen atoms in total. The number of piperidine rings is 1. The molecule has 64 heavy (non-hydrogen) atoms. The number of rotatable bonds is 46. The lowest BCUT2D eigenvalue weighted by Crippen LogP contribution is -2.34. The second-order valence-electron chi connectivity index (χ2n) is 20.3. The quantitative estimate of drug-likeness (QED) is 0.0366. The smallest absolute Gasteiger partial charge is 0.309 e. The van der Waals surface area contributed by atoms with Gasteiger partial charge in [0.2, 0.25) is 0 Å². The minimum Gasteiger partial charge on any atom is -0.465 e. The zero-order chi connectivity index (χ0) is 46.8. The first-order valence-corrected chi connectivity index (χ1v) is 28.1. The van der Waals surface area contributed by atoms with E-state index in [0.29, 0.717) is 26.2 Å². The third-order valence-corrected chi connectivity index (χ3v) is 14.2. The molecule has 0 aromatic carbocycles. The van der Waals surface area contributed by atoms with Crippen LogP contribution in [0.1, 0.15) is 278 Å². The Morgan fingerprint density at radius 2 is 0.750 bits per heavy atom. The summed E-state index contributed by atoms with van der Waals surface area (Å²) < 4.78 is 17.4. The highest BCUT2D eigenvalue weighted by atomic mass is 16.5. The molecule has 0 aromatic heterocycles. The summed E-state index contributed by atoms with van der Waals surface area (Å²) in [6.45, 7) is 12.2. The van der Waals surface area contributed by atoms with Crippen molar-refractivity contribution in [3.05, 3.63) is 0 Å². The fourth-order valence-corrected chi connectivity index (χ4v) is 9.60. The predicted molar refractivity (Wildman–Crippen MR) is 269 cm³/mol. The van der Waals surface area contributed by atoms with Gasteiger partial charge in [-0.3, -0.25) is 14.4 Å². The molecule has 0 radical (unpaired) electrons. The maximum absolute atomic E-state index is 13.1. The van der Waals surface area contributed by atoms with E-state index in [2.05, 4.69) is 39.6 Å². The highest BCUT2D eigenvalue weighted by Crippen LogP contribution is 2.29. The van der Waals surface area contributed by atoms with E-state index in [-0.39, 0.29) is 35.7 Å². The first-order valence-electron chi connectivity index (χ1n) is 28.1. The maximum atomic E-state index is 13.1. The van der Waals surface area contributed by atoms with Gasteiger partial charge in [0.1, 0.15) is 0 Å². The SMILES string of the molecule is CCCCCCCCCC(CCCCC)C(=O)OCCCCCCC(O)(CCCCCCOC(=O)C(CCCCC)CCCCCCCCC)CCCCOC(=O)C1CCN(C)CC1. The van der Waals surface area contributed by atoms with Crippen LogP contribution in [0.15, 0.2) is 0 Å². The van der Waals surface area contributed by atoms with Crippen molar-refractivity contribution in [3.63, 3.8) is 0 Å². The van der Waals surface area contributed by atoms with Crippen molar-refractivity contribution in [2.24, 2.45) is 17.8 Å². The molecule has 1 heterocycles. The fourth-order valence-electron chi connectivity index (χ4n) is 9.60. The molecule has 1 aliphatic heterocycles. The Morgan fingerprint density at radius 3 is 1.17 bits per heavy atom. The zero-order valence-electron chi connectivity index (χ0n) is 43.2. The van der Waals surface area contributed by atoms with Gasteiger partial charge in [-0.25, -0.2) is 0 Å². The van der Waals surface area contributed by atoms with Gasteiger partial charge in [-0.15, -0.1) is 0 Å². The van der Waals surface area contributed by atoms with Crippen LogP contribution in [0.25, 0.3) is 0 Å². The molecule has 0 aromatic rings. The Bertz CT molecular complexity index is 1020. The van der Waals surface area contributed by atoms with Crippen molar-refractivity contribution in [1.29, 1.82) is 0 Å². The summed E-state index contributed by atoms with van der Waals surface area (Å²) >= 11 is 0. The van der Waals surface area contributed by atoms with Crippen molar-refractivity contribution in [1.82, 2.24) is 4.90 Å². The number of carbonyl (C=O) groups is 3. The molecule has 8 heteroatoms. The van der Waals surface area contributed by atoms with Gasteiger partial charge in [0.15, 0.2) is 0 Å². The maximum Gasteiger partial charge on any atom is 0.309 e. The van der Waals surface area contributed by atoms with Crippen molar-refractivity contribution >= 4 is 17.9 Å². The summed E-state index contributed by atoms with van der Waals surface area (Å²) in [5, 5.41) is 11.9. The zero-order valence-corrected chi connectivity index (χ0v) is 43.2. The Balaban J connectivity index is 2.53. The number of ether oxygens (including phenoxy) is 3. The normalized spacial score (nSPS) is 15.5. The van der Waals surface area contributed by atoms with E-state index >= 15 is 0 Å². The van der Waals surface area contributed by atoms with Gasteiger partial charge in [-0.1, -0.05) is 195 Å². The van der Waals surface area contributed by atoms with E-state index < -0.39 is 5.60 Å². The van der Waals surface area contributed by atoms with Crippen LogP contribution in [-0.2, 0) is 28.6 Å². The van der Waals surface area contributed by atoms with Crippen molar-refractivity contribution in [2.75, 3.05) is 40.0 Å². The minimum atomic E-state index is -0.736. The highest BCUT2D eigenvalue weighted by Gasteiger charge is 2.27. The van der Waals surface area contributed by atoms with Gasteiger partial charge in [0.25, 0.3) is 0 Å². The summed E-state index contributed by atoms with van der Waals surface area (Å²) in [5.41, 5.74) is -0.736. The molecule has 1 saturated heterocycles. The summed E-state index contributed by atoms with van der Waals surface area (Å²) in [7, 11) is 2.10. The molecule has 0 saturated carbocycles. The van der Waals surface area contributed by atoms with Crippen LogP contribution < -0.4 is 0 Å². The van der Waals surface area contributed by atoms with E-state index in [4.69, 9.17) is 14.2 Å². The van der Waals surface area contributed by atoms with Gasteiger partial charge in [0, 0.05) is 0 Å². The van der Waals surface area contributed by atoms with Crippen LogP contribution in [-0.4, -0.2) is 73.5 Å². The van der Waals surface area contributed by atoms with Crippen molar-refractivity contribution < 1.29 is 33.7 Å². The molecule has 2 atom stereocenters. The van der Waals surface area contributed by atoms with E-state index in [9.17, 15) is 19.5 Å². The molecule has 1 aliphatic rings. The van der Waals surface area contributed by atoms with Gasteiger partial charge >= 0.3 is 17.9 Å². The van der Waals surface area contributed by atoms with Crippen molar-refractivity contribution in [2.45, 2.75) is 284 Å². The number of hydrogen-bond donors (Lipinski definition) is 1. The second kappa shape index (κ2) is 42.7. The third-order valence-electron chi connectivity index (χ3n) is 14.2. The average molecular weight is 906 g/mol. The average Bonchev–Trinajstić information content (AvgIpc) is 3.29. The Kier molecular flexibility index (Phi) is 40.2. The summed E-state index contributed by atoms with van der Waals surface area (Å²) in [6, 6.07) is 0. The van der Waals surface area contributed by atoms with Gasteiger partial charge < -0.3 is 24.2 Å². The molecular formula is C56H107NO7. The van der Waals surface area contributed by atoms with Gasteiger partial charge in [0.05, 0.1) is 43.2 Å². The Labute approximate surface area is 396 Å². The third kappa shape index (κ3) is 33.7. The predicted octanol–water partition coefficient (Wildman–Crippen LogP) is 15.4. The lowest BCUT2D eigenvalue weighted by Gasteiger charge is -2.29. The fraction of sp³-hybridized carbons (Fsp3) is 0.946. The molecule has 0 bridgehead atoms. The number of likely N-dealkylation sites (tertiary alicyclic amines) is 1. The summed E-state index contributed by atoms with van der Waals surface area (Å²) in [4.78, 5) is 41.1. The molecule has 1 N–H and O–H groups in total. The molecule has 2 unspecified atom stereocenters. The monoisotopic (exact) mass is 906 g/mol. The number of unbranched alkanes of at least 4 members (excludes halogenated alkanes) is 23. The van der Waals surface area contributed by atoms with E-state index in [0.717, 1.165) is 154 Å². The van der Waals surface area contributed by atoms with E-state index in [1.54, 1.807) is 0 Å². The molecule has 378 valence electrons. The van der Waals surface area contributed by atoms with Gasteiger partial charge in [-0.05, 0) is 104 Å².